The maximum absolute atomic E-state index is 10.8. The lowest BCUT2D eigenvalue weighted by atomic mass is 10.1. The fourth-order valence-corrected chi connectivity index (χ4v) is 1.25. The lowest BCUT2D eigenvalue weighted by Gasteiger charge is -2.07. The van der Waals surface area contributed by atoms with Crippen LogP contribution in [0.15, 0.2) is 0 Å². The molecule has 1 aliphatic rings. The quantitative estimate of drug-likeness (QED) is 0.707. The summed E-state index contributed by atoms with van der Waals surface area (Å²) in [5.74, 6) is 0.579. The van der Waals surface area contributed by atoms with E-state index in [0.717, 1.165) is 26.2 Å². The van der Waals surface area contributed by atoms with E-state index in [9.17, 15) is 4.79 Å². The second kappa shape index (κ2) is 4.72. The molecule has 1 amide bonds. The van der Waals surface area contributed by atoms with Crippen molar-refractivity contribution in [2.24, 2.45) is 5.92 Å². The van der Waals surface area contributed by atoms with Gasteiger partial charge in [0.15, 0.2) is 0 Å². The van der Waals surface area contributed by atoms with Gasteiger partial charge in [-0.25, -0.2) is 0 Å². The topological polar surface area (TPSA) is 38.3 Å². The van der Waals surface area contributed by atoms with E-state index in [1.807, 2.05) is 0 Å². The van der Waals surface area contributed by atoms with Crippen LogP contribution in [0, 0.1) is 5.92 Å². The third kappa shape index (κ3) is 3.20. The smallest absolute Gasteiger partial charge is 0.230 e. The second-order valence-corrected chi connectivity index (χ2v) is 3.23. The van der Waals surface area contributed by atoms with Crippen molar-refractivity contribution < 1.29 is 9.53 Å². The van der Waals surface area contributed by atoms with Crippen molar-refractivity contribution in [1.29, 1.82) is 0 Å². The maximum Gasteiger partial charge on any atom is 0.230 e. The molecule has 0 aromatic rings. The Morgan fingerprint density at radius 1 is 1.73 bits per heavy atom. The van der Waals surface area contributed by atoms with E-state index >= 15 is 0 Å². The molecule has 3 nitrogen and oxygen atoms in total. The standard InChI is InChI=1S/C7H12BrNO2/c8-3-7(10)9-4-6-1-2-11-5-6/h6H,1-5H2,(H,9,10). The first-order valence-electron chi connectivity index (χ1n) is 3.73. The van der Waals surface area contributed by atoms with E-state index < -0.39 is 0 Å². The van der Waals surface area contributed by atoms with Crippen molar-refractivity contribution in [3.63, 3.8) is 0 Å². The van der Waals surface area contributed by atoms with Crippen molar-refractivity contribution in [1.82, 2.24) is 5.32 Å². The summed E-state index contributed by atoms with van der Waals surface area (Å²) in [7, 11) is 0. The van der Waals surface area contributed by atoms with Crippen LogP contribution in [-0.4, -0.2) is 31.0 Å². The number of carbonyl (C=O) groups is 1. The van der Waals surface area contributed by atoms with Gasteiger partial charge in [0.25, 0.3) is 0 Å². The Balaban J connectivity index is 2.06. The normalized spacial score (nSPS) is 23.5. The molecule has 0 aromatic heterocycles. The predicted molar refractivity (Wildman–Crippen MR) is 45.7 cm³/mol. The highest BCUT2D eigenvalue weighted by molar-refractivity contribution is 9.09. The molecule has 1 unspecified atom stereocenters. The summed E-state index contributed by atoms with van der Waals surface area (Å²) in [6, 6.07) is 0. The SMILES string of the molecule is O=C(CBr)NCC1CCOC1. The van der Waals surface area contributed by atoms with E-state index in [1.165, 1.54) is 0 Å². The zero-order valence-corrected chi connectivity index (χ0v) is 7.89. The first-order valence-corrected chi connectivity index (χ1v) is 4.85. The minimum Gasteiger partial charge on any atom is -0.381 e. The largest absolute Gasteiger partial charge is 0.381 e. The van der Waals surface area contributed by atoms with Crippen LogP contribution in [0.4, 0.5) is 0 Å². The Morgan fingerprint density at radius 2 is 2.55 bits per heavy atom. The first kappa shape index (κ1) is 9.00. The summed E-state index contributed by atoms with van der Waals surface area (Å²) >= 11 is 3.08. The number of amides is 1. The molecule has 1 atom stereocenters. The lowest BCUT2D eigenvalue weighted by molar-refractivity contribution is -0.118. The average molecular weight is 222 g/mol. The van der Waals surface area contributed by atoms with Crippen molar-refractivity contribution in [3.8, 4) is 0 Å². The number of hydrogen-bond acceptors (Lipinski definition) is 2. The number of halogens is 1. The summed E-state index contributed by atoms with van der Waals surface area (Å²) < 4.78 is 5.16. The highest BCUT2D eigenvalue weighted by Gasteiger charge is 2.15. The molecule has 4 heteroatoms. The monoisotopic (exact) mass is 221 g/mol. The van der Waals surface area contributed by atoms with Crippen molar-refractivity contribution in [2.75, 3.05) is 25.1 Å². The van der Waals surface area contributed by atoms with Gasteiger partial charge in [0.05, 0.1) is 11.9 Å². The van der Waals surface area contributed by atoms with Gasteiger partial charge in [-0.05, 0) is 6.42 Å². The highest BCUT2D eigenvalue weighted by atomic mass is 79.9. The number of alkyl halides is 1. The number of carbonyl (C=O) groups excluding carboxylic acids is 1. The maximum atomic E-state index is 10.8. The van der Waals surface area contributed by atoms with Crippen molar-refractivity contribution >= 4 is 21.8 Å². The molecule has 1 saturated heterocycles. The van der Waals surface area contributed by atoms with E-state index in [-0.39, 0.29) is 5.91 Å². The molecule has 1 N–H and O–H groups in total. The summed E-state index contributed by atoms with van der Waals surface area (Å²) in [5, 5.41) is 3.20. The molecule has 0 radical (unpaired) electrons. The van der Waals surface area contributed by atoms with Crippen LogP contribution in [-0.2, 0) is 9.53 Å². The first-order chi connectivity index (χ1) is 5.33. The van der Waals surface area contributed by atoms with Gasteiger partial charge < -0.3 is 10.1 Å². The van der Waals surface area contributed by atoms with E-state index in [2.05, 4.69) is 21.2 Å². The van der Waals surface area contributed by atoms with E-state index in [4.69, 9.17) is 4.74 Å². The molecule has 11 heavy (non-hydrogen) atoms. The summed E-state index contributed by atoms with van der Waals surface area (Å²) in [6.45, 7) is 2.39. The number of hydrogen-bond donors (Lipinski definition) is 1. The van der Waals surface area contributed by atoms with Gasteiger partial charge >= 0.3 is 0 Å². The number of nitrogens with one attached hydrogen (secondary N) is 1. The Labute approximate surface area is 74.6 Å². The molecule has 1 rings (SSSR count). The van der Waals surface area contributed by atoms with Crippen LogP contribution < -0.4 is 5.32 Å². The van der Waals surface area contributed by atoms with Gasteiger partial charge in [-0.1, -0.05) is 15.9 Å². The summed E-state index contributed by atoms with van der Waals surface area (Å²) in [5.41, 5.74) is 0. The summed E-state index contributed by atoms with van der Waals surface area (Å²) in [4.78, 5) is 10.8. The molecule has 0 saturated carbocycles. The van der Waals surface area contributed by atoms with Crippen LogP contribution in [0.25, 0.3) is 0 Å². The van der Waals surface area contributed by atoms with Gasteiger partial charge in [-0.3, -0.25) is 4.79 Å². The Bertz CT molecular complexity index is 134. The molecule has 64 valence electrons. The number of ether oxygens (including phenoxy) is 1. The molecule has 0 aliphatic carbocycles. The van der Waals surface area contributed by atoms with Crippen molar-refractivity contribution in [3.05, 3.63) is 0 Å². The third-order valence-electron chi connectivity index (χ3n) is 1.73. The molecular weight excluding hydrogens is 210 g/mol. The fourth-order valence-electron chi connectivity index (χ4n) is 1.05. The molecule has 0 bridgehead atoms. The van der Waals surface area contributed by atoms with Gasteiger partial charge in [0, 0.05) is 19.1 Å². The van der Waals surface area contributed by atoms with Crippen LogP contribution in [0.5, 0.6) is 0 Å². The molecule has 1 aliphatic heterocycles. The molecule has 1 heterocycles. The Hall–Kier alpha value is -0.0900. The van der Waals surface area contributed by atoms with E-state index in [1.54, 1.807) is 0 Å². The minimum absolute atomic E-state index is 0.0527. The van der Waals surface area contributed by atoms with Crippen LogP contribution in [0.3, 0.4) is 0 Å². The Morgan fingerprint density at radius 3 is 3.09 bits per heavy atom. The second-order valence-electron chi connectivity index (χ2n) is 2.67. The number of rotatable bonds is 3. The van der Waals surface area contributed by atoms with Crippen LogP contribution >= 0.6 is 15.9 Å². The zero-order chi connectivity index (χ0) is 8.10. The third-order valence-corrected chi connectivity index (χ3v) is 2.24. The fraction of sp³-hybridized carbons (Fsp3) is 0.857. The van der Waals surface area contributed by atoms with Gasteiger partial charge in [-0.15, -0.1) is 0 Å². The average Bonchev–Trinajstić information content (AvgIpc) is 2.52. The molecule has 1 fully saturated rings. The molecule has 0 aromatic carbocycles. The predicted octanol–water partition coefficient (Wildman–Crippen LogP) is 0.534. The van der Waals surface area contributed by atoms with Crippen LogP contribution in [0.1, 0.15) is 6.42 Å². The summed E-state index contributed by atoms with van der Waals surface area (Å²) in [6.07, 6.45) is 1.07. The Kier molecular flexibility index (Phi) is 3.86. The lowest BCUT2D eigenvalue weighted by Crippen LogP contribution is -2.30. The minimum atomic E-state index is 0.0527. The van der Waals surface area contributed by atoms with Gasteiger partial charge in [0.1, 0.15) is 0 Å². The molecule has 0 spiro atoms. The highest BCUT2D eigenvalue weighted by Crippen LogP contribution is 2.10. The molecular formula is C7H12BrNO2. The zero-order valence-electron chi connectivity index (χ0n) is 6.31. The van der Waals surface area contributed by atoms with Gasteiger partial charge in [-0.2, -0.15) is 0 Å². The van der Waals surface area contributed by atoms with Crippen LogP contribution in [0.2, 0.25) is 0 Å². The van der Waals surface area contributed by atoms with Gasteiger partial charge in [0.2, 0.25) is 5.91 Å². The van der Waals surface area contributed by atoms with E-state index in [0.29, 0.717) is 11.2 Å². The van der Waals surface area contributed by atoms with Crippen molar-refractivity contribution in [2.45, 2.75) is 6.42 Å².